The van der Waals surface area contributed by atoms with Crippen LogP contribution < -0.4 is 20.7 Å². The quantitative estimate of drug-likeness (QED) is 0.824. The molecule has 3 N–H and O–H groups in total. The number of halogens is 2. The van der Waals surface area contributed by atoms with Gasteiger partial charge in [0.15, 0.2) is 6.61 Å². The Kier molecular flexibility index (Phi) is 5.22. The number of nitrogens with two attached hydrogens (primary N) is 1. The summed E-state index contributed by atoms with van der Waals surface area (Å²) in [5, 5.41) is 10.4. The van der Waals surface area contributed by atoms with Crippen LogP contribution in [0.2, 0.25) is 5.02 Å². The number of rotatable bonds is 5. The molecule has 1 aromatic carbocycles. The maximum absolute atomic E-state index is 13.3. The number of hydrogen-bond donors (Lipinski definition) is 2. The first-order valence-electron chi connectivity index (χ1n) is 7.72. The van der Waals surface area contributed by atoms with Crippen LogP contribution in [0.25, 0.3) is 0 Å². The molecule has 10 heteroatoms. The number of nitrogen functional groups attached to an aromatic ring is 1. The lowest BCUT2D eigenvalue weighted by Crippen LogP contribution is -2.46. The van der Waals surface area contributed by atoms with Crippen molar-refractivity contribution >= 4 is 29.5 Å². The molecule has 0 radical (unpaired) electrons. The molecule has 1 aromatic heterocycles. The molecule has 8 nitrogen and oxygen atoms in total. The second kappa shape index (κ2) is 7.56. The zero-order valence-electron chi connectivity index (χ0n) is 13.2. The van der Waals surface area contributed by atoms with Gasteiger partial charge in [0.1, 0.15) is 11.6 Å². The molecule has 0 aliphatic carbocycles. The lowest BCUT2D eigenvalue weighted by molar-refractivity contribution is -0.123. The highest BCUT2D eigenvalue weighted by Crippen LogP contribution is 2.21. The van der Waals surface area contributed by atoms with Gasteiger partial charge in [-0.3, -0.25) is 4.79 Å². The SMILES string of the molecule is Nc1nnc(N2CCC(NC(=O)COc3ccc(Cl)c(F)c3)CC2)o1. The highest BCUT2D eigenvalue weighted by molar-refractivity contribution is 6.30. The largest absolute Gasteiger partial charge is 0.484 e. The van der Waals surface area contributed by atoms with E-state index in [2.05, 4.69) is 15.5 Å². The van der Waals surface area contributed by atoms with Gasteiger partial charge in [0.05, 0.1) is 5.02 Å². The summed E-state index contributed by atoms with van der Waals surface area (Å²) in [6, 6.07) is 4.47. The first kappa shape index (κ1) is 17.3. The van der Waals surface area contributed by atoms with E-state index in [-0.39, 0.29) is 35.3 Å². The summed E-state index contributed by atoms with van der Waals surface area (Å²) in [5.41, 5.74) is 5.41. The molecule has 0 saturated carbocycles. The summed E-state index contributed by atoms with van der Waals surface area (Å²) in [7, 11) is 0. The van der Waals surface area contributed by atoms with Gasteiger partial charge in [0.25, 0.3) is 5.91 Å². The van der Waals surface area contributed by atoms with Crippen molar-refractivity contribution in [1.82, 2.24) is 15.5 Å². The Hall–Kier alpha value is -2.55. The Morgan fingerprint density at radius 2 is 2.20 bits per heavy atom. The van der Waals surface area contributed by atoms with E-state index in [1.165, 1.54) is 12.1 Å². The number of benzene rings is 1. The number of nitrogens with zero attached hydrogens (tertiary/aromatic N) is 3. The molecule has 1 aliphatic heterocycles. The Bertz CT molecular complexity index is 749. The van der Waals surface area contributed by atoms with E-state index in [0.29, 0.717) is 19.1 Å². The number of amides is 1. The first-order chi connectivity index (χ1) is 12.0. The minimum Gasteiger partial charge on any atom is -0.484 e. The molecule has 1 fully saturated rings. The fourth-order valence-corrected chi connectivity index (χ4v) is 2.67. The van der Waals surface area contributed by atoms with Crippen molar-refractivity contribution in [3.63, 3.8) is 0 Å². The lowest BCUT2D eigenvalue weighted by atomic mass is 10.1. The summed E-state index contributed by atoms with van der Waals surface area (Å²) in [4.78, 5) is 13.9. The molecule has 0 spiro atoms. The summed E-state index contributed by atoms with van der Waals surface area (Å²) in [6.45, 7) is 1.13. The van der Waals surface area contributed by atoms with Gasteiger partial charge < -0.3 is 25.1 Å². The average Bonchev–Trinajstić information content (AvgIpc) is 3.03. The molecule has 1 aliphatic rings. The normalized spacial score (nSPS) is 15.2. The zero-order chi connectivity index (χ0) is 17.8. The molecule has 2 aromatic rings. The second-order valence-electron chi connectivity index (χ2n) is 5.62. The molecule has 2 heterocycles. The van der Waals surface area contributed by atoms with Crippen LogP contribution in [0.15, 0.2) is 22.6 Å². The number of hydrogen-bond acceptors (Lipinski definition) is 7. The van der Waals surface area contributed by atoms with Gasteiger partial charge in [-0.05, 0) is 25.0 Å². The van der Waals surface area contributed by atoms with Crippen molar-refractivity contribution in [1.29, 1.82) is 0 Å². The average molecular weight is 370 g/mol. The number of nitrogens with one attached hydrogen (secondary N) is 1. The van der Waals surface area contributed by atoms with Crippen molar-refractivity contribution in [2.24, 2.45) is 0 Å². The molecular weight excluding hydrogens is 353 g/mol. The fraction of sp³-hybridized carbons (Fsp3) is 0.400. The van der Waals surface area contributed by atoms with Crippen LogP contribution in [-0.2, 0) is 4.79 Å². The molecule has 25 heavy (non-hydrogen) atoms. The Balaban J connectivity index is 1.42. The van der Waals surface area contributed by atoms with Crippen LogP contribution in [0.1, 0.15) is 12.8 Å². The first-order valence-corrected chi connectivity index (χ1v) is 8.10. The number of aromatic nitrogens is 2. The number of piperidine rings is 1. The predicted molar refractivity (Wildman–Crippen MR) is 89.0 cm³/mol. The van der Waals surface area contributed by atoms with Crippen molar-refractivity contribution in [3.05, 3.63) is 29.0 Å². The predicted octanol–water partition coefficient (Wildman–Crippen LogP) is 1.61. The molecule has 134 valence electrons. The van der Waals surface area contributed by atoms with E-state index < -0.39 is 5.82 Å². The molecule has 0 unspecified atom stereocenters. The van der Waals surface area contributed by atoms with E-state index >= 15 is 0 Å². The summed E-state index contributed by atoms with van der Waals surface area (Å²) >= 11 is 5.59. The van der Waals surface area contributed by atoms with Crippen LogP contribution in [0.3, 0.4) is 0 Å². The van der Waals surface area contributed by atoms with Gasteiger partial charge in [-0.25, -0.2) is 4.39 Å². The van der Waals surface area contributed by atoms with Gasteiger partial charge in [0.2, 0.25) is 0 Å². The van der Waals surface area contributed by atoms with E-state index in [9.17, 15) is 9.18 Å². The third-order valence-electron chi connectivity index (χ3n) is 3.82. The number of anilines is 2. The van der Waals surface area contributed by atoms with E-state index in [0.717, 1.165) is 18.9 Å². The maximum atomic E-state index is 13.3. The minimum atomic E-state index is -0.589. The minimum absolute atomic E-state index is 0.00608. The van der Waals surface area contributed by atoms with E-state index in [1.807, 2.05) is 4.90 Å². The molecule has 3 rings (SSSR count). The van der Waals surface area contributed by atoms with Crippen LogP contribution in [0, 0.1) is 5.82 Å². The molecular formula is C15H17ClFN5O3. The highest BCUT2D eigenvalue weighted by atomic mass is 35.5. The van der Waals surface area contributed by atoms with Crippen LogP contribution >= 0.6 is 11.6 Å². The van der Waals surface area contributed by atoms with Crippen LogP contribution in [0.5, 0.6) is 5.75 Å². The smallest absolute Gasteiger partial charge is 0.319 e. The van der Waals surface area contributed by atoms with Crippen LogP contribution in [-0.4, -0.2) is 41.8 Å². The van der Waals surface area contributed by atoms with E-state index in [4.69, 9.17) is 26.5 Å². The molecule has 1 amide bonds. The maximum Gasteiger partial charge on any atom is 0.319 e. The van der Waals surface area contributed by atoms with Gasteiger partial charge >= 0.3 is 12.0 Å². The van der Waals surface area contributed by atoms with Gasteiger partial charge in [0, 0.05) is 25.2 Å². The van der Waals surface area contributed by atoms with Gasteiger partial charge in [-0.15, -0.1) is 0 Å². The Morgan fingerprint density at radius 1 is 1.44 bits per heavy atom. The molecule has 1 saturated heterocycles. The summed E-state index contributed by atoms with van der Waals surface area (Å²) in [5.74, 6) is -0.606. The van der Waals surface area contributed by atoms with Crippen molar-refractivity contribution in [2.45, 2.75) is 18.9 Å². The van der Waals surface area contributed by atoms with Crippen molar-refractivity contribution < 1.29 is 18.3 Å². The standard InChI is InChI=1S/C15H17ClFN5O3/c16-11-2-1-10(7-12(11)17)24-8-13(23)19-9-3-5-22(6-4-9)15-21-20-14(18)25-15/h1-2,7,9H,3-6,8H2,(H2,18,20)(H,19,23). The van der Waals surface area contributed by atoms with Crippen molar-refractivity contribution in [3.8, 4) is 5.75 Å². The molecule has 0 atom stereocenters. The second-order valence-corrected chi connectivity index (χ2v) is 6.02. The Labute approximate surface area is 148 Å². The third-order valence-corrected chi connectivity index (χ3v) is 4.13. The third kappa shape index (κ3) is 4.50. The van der Waals surface area contributed by atoms with Crippen LogP contribution in [0.4, 0.5) is 16.4 Å². The fourth-order valence-electron chi connectivity index (χ4n) is 2.55. The number of carbonyl (C=O) groups is 1. The summed E-state index contributed by atoms with van der Waals surface area (Å²) in [6.07, 6.45) is 1.45. The lowest BCUT2D eigenvalue weighted by Gasteiger charge is -2.30. The molecule has 0 bridgehead atoms. The summed E-state index contributed by atoms with van der Waals surface area (Å²) < 4.78 is 23.8. The zero-order valence-corrected chi connectivity index (χ0v) is 14.0. The number of ether oxygens (including phenoxy) is 1. The van der Waals surface area contributed by atoms with E-state index in [1.54, 1.807) is 0 Å². The number of carbonyl (C=O) groups excluding carboxylic acids is 1. The topological polar surface area (TPSA) is 107 Å². The van der Waals surface area contributed by atoms with Gasteiger partial charge in [-0.1, -0.05) is 21.8 Å². The highest BCUT2D eigenvalue weighted by Gasteiger charge is 2.23. The van der Waals surface area contributed by atoms with Gasteiger partial charge in [-0.2, -0.15) is 0 Å². The van der Waals surface area contributed by atoms with Crippen molar-refractivity contribution in [2.75, 3.05) is 30.3 Å². The monoisotopic (exact) mass is 369 g/mol. The Morgan fingerprint density at radius 3 is 2.84 bits per heavy atom.